The van der Waals surface area contributed by atoms with E-state index in [4.69, 9.17) is 0 Å². The number of likely N-dealkylation sites (tertiary alicyclic amines) is 2. The molecule has 3 rings (SSSR count). The molecule has 0 aliphatic carbocycles. The van der Waals surface area contributed by atoms with Gasteiger partial charge in [0.25, 0.3) is 0 Å². The van der Waals surface area contributed by atoms with Gasteiger partial charge in [0.2, 0.25) is 0 Å². The predicted octanol–water partition coefficient (Wildman–Crippen LogP) is -0.479. The van der Waals surface area contributed by atoms with Crippen LogP contribution in [0.5, 0.6) is 0 Å². The SMILES string of the molecule is CS(=O)(=O)C1CN(C(=O)N2CC3(CCNCC3)C2)C1. The van der Waals surface area contributed by atoms with E-state index >= 15 is 0 Å². The van der Waals surface area contributed by atoms with E-state index in [0.29, 0.717) is 18.5 Å². The van der Waals surface area contributed by atoms with Crippen molar-refractivity contribution in [3.8, 4) is 0 Å². The van der Waals surface area contributed by atoms with E-state index in [-0.39, 0.29) is 11.3 Å². The summed E-state index contributed by atoms with van der Waals surface area (Å²) in [6.07, 6.45) is 3.53. The summed E-state index contributed by atoms with van der Waals surface area (Å²) >= 11 is 0. The fourth-order valence-corrected chi connectivity index (χ4v) is 4.14. The molecule has 108 valence electrons. The van der Waals surface area contributed by atoms with Crippen molar-refractivity contribution in [2.75, 3.05) is 45.5 Å². The summed E-state index contributed by atoms with van der Waals surface area (Å²) in [6.45, 7) is 4.50. The third-order valence-electron chi connectivity index (χ3n) is 4.71. The minimum Gasteiger partial charge on any atom is -0.323 e. The van der Waals surface area contributed by atoms with Gasteiger partial charge in [-0.05, 0) is 25.9 Å². The van der Waals surface area contributed by atoms with Gasteiger partial charge in [-0.1, -0.05) is 0 Å². The highest BCUT2D eigenvalue weighted by molar-refractivity contribution is 7.91. The number of nitrogens with zero attached hydrogens (tertiary/aromatic N) is 2. The van der Waals surface area contributed by atoms with Gasteiger partial charge in [-0.15, -0.1) is 0 Å². The van der Waals surface area contributed by atoms with E-state index in [1.807, 2.05) is 4.90 Å². The Balaban J connectivity index is 1.49. The van der Waals surface area contributed by atoms with Gasteiger partial charge in [-0.3, -0.25) is 0 Å². The number of urea groups is 1. The Labute approximate surface area is 114 Å². The van der Waals surface area contributed by atoms with E-state index in [0.717, 1.165) is 39.0 Å². The summed E-state index contributed by atoms with van der Waals surface area (Å²) in [5.74, 6) is 0. The highest BCUT2D eigenvalue weighted by Gasteiger charge is 2.48. The van der Waals surface area contributed by atoms with Crippen molar-refractivity contribution in [2.45, 2.75) is 18.1 Å². The van der Waals surface area contributed by atoms with Crippen molar-refractivity contribution in [2.24, 2.45) is 5.41 Å². The number of piperidine rings is 1. The molecule has 3 aliphatic heterocycles. The van der Waals surface area contributed by atoms with Gasteiger partial charge in [0.05, 0.1) is 5.25 Å². The first-order valence-electron chi connectivity index (χ1n) is 6.83. The molecule has 0 atom stereocenters. The van der Waals surface area contributed by atoms with Crippen molar-refractivity contribution in [1.82, 2.24) is 15.1 Å². The molecule has 2 amide bonds. The van der Waals surface area contributed by atoms with Gasteiger partial charge in [0, 0.05) is 37.8 Å². The Morgan fingerprint density at radius 2 is 1.74 bits per heavy atom. The van der Waals surface area contributed by atoms with Crippen LogP contribution in [0.4, 0.5) is 4.79 Å². The minimum atomic E-state index is -2.99. The van der Waals surface area contributed by atoms with Crippen LogP contribution < -0.4 is 5.32 Å². The number of hydrogen-bond acceptors (Lipinski definition) is 4. The van der Waals surface area contributed by atoms with Gasteiger partial charge < -0.3 is 15.1 Å². The first-order chi connectivity index (χ1) is 8.90. The Bertz CT molecular complexity index is 470. The van der Waals surface area contributed by atoms with Crippen LogP contribution in [0, 0.1) is 5.41 Å². The Morgan fingerprint density at radius 1 is 1.16 bits per heavy atom. The highest BCUT2D eigenvalue weighted by Crippen LogP contribution is 2.39. The van der Waals surface area contributed by atoms with Gasteiger partial charge in [-0.25, -0.2) is 13.2 Å². The number of nitrogens with one attached hydrogen (secondary N) is 1. The average Bonchev–Trinajstić information content (AvgIpc) is 2.22. The molecular weight excluding hydrogens is 266 g/mol. The Kier molecular flexibility index (Phi) is 3.01. The fourth-order valence-electron chi connectivity index (χ4n) is 3.24. The molecule has 1 N–H and O–H groups in total. The molecule has 0 aromatic rings. The summed E-state index contributed by atoms with van der Waals surface area (Å²) in [5.41, 5.74) is 0.335. The second-order valence-corrected chi connectivity index (χ2v) is 8.57. The Morgan fingerprint density at radius 3 is 2.26 bits per heavy atom. The van der Waals surface area contributed by atoms with Gasteiger partial charge in [-0.2, -0.15) is 0 Å². The topological polar surface area (TPSA) is 69.7 Å². The van der Waals surface area contributed by atoms with Crippen LogP contribution >= 0.6 is 0 Å². The Hall–Kier alpha value is -0.820. The molecule has 3 heterocycles. The van der Waals surface area contributed by atoms with Crippen LogP contribution in [0.1, 0.15) is 12.8 Å². The van der Waals surface area contributed by atoms with Gasteiger partial charge in [0.1, 0.15) is 0 Å². The number of carbonyl (C=O) groups is 1. The molecule has 1 spiro atoms. The van der Waals surface area contributed by atoms with Crippen molar-refractivity contribution in [1.29, 1.82) is 0 Å². The molecular formula is C12H21N3O3S. The van der Waals surface area contributed by atoms with E-state index in [1.54, 1.807) is 4.90 Å². The second kappa shape index (κ2) is 4.34. The van der Waals surface area contributed by atoms with E-state index in [9.17, 15) is 13.2 Å². The quantitative estimate of drug-likeness (QED) is 0.707. The zero-order chi connectivity index (χ0) is 13.7. The van der Waals surface area contributed by atoms with Gasteiger partial charge >= 0.3 is 6.03 Å². The van der Waals surface area contributed by atoms with Crippen LogP contribution in [0.3, 0.4) is 0 Å². The maximum Gasteiger partial charge on any atom is 0.320 e. The van der Waals surface area contributed by atoms with Crippen LogP contribution in [0.15, 0.2) is 0 Å². The molecule has 3 aliphatic rings. The van der Waals surface area contributed by atoms with E-state index in [2.05, 4.69) is 5.32 Å². The van der Waals surface area contributed by atoms with Crippen molar-refractivity contribution in [3.05, 3.63) is 0 Å². The molecule has 0 saturated carbocycles. The number of carbonyl (C=O) groups excluding carboxylic acids is 1. The number of hydrogen-bond donors (Lipinski definition) is 1. The molecule has 0 unspecified atom stereocenters. The molecule has 0 aromatic heterocycles. The van der Waals surface area contributed by atoms with Crippen LogP contribution in [0.25, 0.3) is 0 Å². The lowest BCUT2D eigenvalue weighted by Crippen LogP contribution is -2.67. The molecule has 0 aromatic carbocycles. The molecule has 3 saturated heterocycles. The summed E-state index contributed by atoms with van der Waals surface area (Å²) in [6, 6.07) is 0.0176. The normalized spacial score (nSPS) is 27.0. The number of rotatable bonds is 1. The summed E-state index contributed by atoms with van der Waals surface area (Å²) < 4.78 is 22.6. The zero-order valence-corrected chi connectivity index (χ0v) is 12.1. The molecule has 6 nitrogen and oxygen atoms in total. The van der Waals surface area contributed by atoms with Gasteiger partial charge in [0.15, 0.2) is 9.84 Å². The fraction of sp³-hybridized carbons (Fsp3) is 0.917. The predicted molar refractivity (Wildman–Crippen MR) is 71.7 cm³/mol. The number of amides is 2. The first kappa shape index (κ1) is 13.2. The van der Waals surface area contributed by atoms with Crippen LogP contribution in [0.2, 0.25) is 0 Å². The van der Waals surface area contributed by atoms with Crippen LogP contribution in [-0.4, -0.2) is 75.0 Å². The van der Waals surface area contributed by atoms with Crippen molar-refractivity contribution < 1.29 is 13.2 Å². The molecule has 0 bridgehead atoms. The van der Waals surface area contributed by atoms with E-state index in [1.165, 1.54) is 6.26 Å². The van der Waals surface area contributed by atoms with Crippen molar-refractivity contribution >= 4 is 15.9 Å². The van der Waals surface area contributed by atoms with E-state index < -0.39 is 9.84 Å². The summed E-state index contributed by atoms with van der Waals surface area (Å²) in [5, 5.41) is 2.98. The monoisotopic (exact) mass is 287 g/mol. The zero-order valence-electron chi connectivity index (χ0n) is 11.3. The smallest absolute Gasteiger partial charge is 0.320 e. The highest BCUT2D eigenvalue weighted by atomic mass is 32.2. The maximum atomic E-state index is 12.1. The van der Waals surface area contributed by atoms with Crippen molar-refractivity contribution in [3.63, 3.8) is 0 Å². The molecule has 3 fully saturated rings. The summed E-state index contributed by atoms with van der Waals surface area (Å²) in [4.78, 5) is 15.7. The lowest BCUT2D eigenvalue weighted by Gasteiger charge is -2.54. The minimum absolute atomic E-state index is 0.0176. The third kappa shape index (κ3) is 2.33. The lowest BCUT2D eigenvalue weighted by atomic mass is 9.72. The maximum absolute atomic E-state index is 12.1. The standard InChI is InChI=1S/C12H21N3O3S/c1-19(17,18)10-6-14(7-10)11(16)15-8-12(9-15)2-4-13-5-3-12/h10,13H,2-9H2,1H3. The third-order valence-corrected chi connectivity index (χ3v) is 6.22. The first-order valence-corrected chi connectivity index (χ1v) is 8.79. The second-order valence-electron chi connectivity index (χ2n) is 6.25. The number of sulfone groups is 1. The lowest BCUT2D eigenvalue weighted by molar-refractivity contribution is -0.0101. The molecule has 7 heteroatoms. The largest absolute Gasteiger partial charge is 0.323 e. The molecule has 0 radical (unpaired) electrons. The molecule has 19 heavy (non-hydrogen) atoms. The van der Waals surface area contributed by atoms with Crippen LogP contribution in [-0.2, 0) is 9.84 Å². The summed E-state index contributed by atoms with van der Waals surface area (Å²) in [7, 11) is -2.99. The average molecular weight is 287 g/mol.